The predicted octanol–water partition coefficient (Wildman–Crippen LogP) is 0.783. The van der Waals surface area contributed by atoms with Gasteiger partial charge in [-0.15, -0.1) is 0 Å². The molecule has 0 saturated carbocycles. The van der Waals surface area contributed by atoms with Crippen molar-refractivity contribution in [1.29, 1.82) is 0 Å². The molecule has 2 unspecified atom stereocenters. The molecule has 1 aliphatic heterocycles. The van der Waals surface area contributed by atoms with Crippen LogP contribution in [0.25, 0.3) is 0 Å². The Labute approximate surface area is 116 Å². The van der Waals surface area contributed by atoms with Gasteiger partial charge in [-0.1, -0.05) is 6.07 Å². The van der Waals surface area contributed by atoms with Crippen molar-refractivity contribution >= 4 is 11.6 Å². The highest BCUT2D eigenvalue weighted by Gasteiger charge is 2.27. The molecule has 1 aliphatic rings. The second kappa shape index (κ2) is 5.98. The number of carbonyl (C=O) groups excluding carboxylic acids is 1. The standard InChI is InChI=1S/C13H17N3O4/c1-9(14)12-8-15(5-6-20-12)13(17)10-3-2-4-11(7-10)16(18)19/h2-4,7,9,12H,5-6,8,14H2,1H3. The number of hydrogen-bond donors (Lipinski definition) is 1. The number of benzene rings is 1. The molecule has 7 heteroatoms. The number of nitrogens with zero attached hydrogens (tertiary/aromatic N) is 2. The largest absolute Gasteiger partial charge is 0.373 e. The molecule has 108 valence electrons. The Bertz CT molecular complexity index is 518. The molecule has 1 amide bonds. The minimum Gasteiger partial charge on any atom is -0.373 e. The molecule has 0 aliphatic carbocycles. The Morgan fingerprint density at radius 2 is 2.35 bits per heavy atom. The molecule has 2 rings (SSSR count). The quantitative estimate of drug-likeness (QED) is 0.651. The van der Waals surface area contributed by atoms with E-state index in [-0.39, 0.29) is 23.7 Å². The van der Waals surface area contributed by atoms with Gasteiger partial charge >= 0.3 is 0 Å². The summed E-state index contributed by atoms with van der Waals surface area (Å²) >= 11 is 0. The zero-order valence-electron chi connectivity index (χ0n) is 11.2. The first-order chi connectivity index (χ1) is 9.49. The molecule has 0 bridgehead atoms. The molecule has 1 saturated heterocycles. The fraction of sp³-hybridized carbons (Fsp3) is 0.462. The number of nitro benzene ring substituents is 1. The zero-order chi connectivity index (χ0) is 14.7. The Morgan fingerprint density at radius 1 is 1.60 bits per heavy atom. The average Bonchev–Trinajstić information content (AvgIpc) is 2.46. The van der Waals surface area contributed by atoms with Crippen molar-refractivity contribution in [3.8, 4) is 0 Å². The molecular weight excluding hydrogens is 262 g/mol. The summed E-state index contributed by atoms with van der Waals surface area (Å²) in [7, 11) is 0. The summed E-state index contributed by atoms with van der Waals surface area (Å²) in [6.07, 6.45) is -0.202. The van der Waals surface area contributed by atoms with Gasteiger partial charge < -0.3 is 15.4 Å². The number of morpholine rings is 1. The van der Waals surface area contributed by atoms with Crippen molar-refractivity contribution in [2.24, 2.45) is 5.73 Å². The normalized spacial score (nSPS) is 20.5. The molecule has 20 heavy (non-hydrogen) atoms. The Balaban J connectivity index is 2.14. The lowest BCUT2D eigenvalue weighted by Crippen LogP contribution is -2.51. The molecule has 0 radical (unpaired) electrons. The first-order valence-corrected chi connectivity index (χ1v) is 6.40. The van der Waals surface area contributed by atoms with Crippen LogP contribution in [0.4, 0.5) is 5.69 Å². The predicted molar refractivity (Wildman–Crippen MR) is 72.4 cm³/mol. The fourth-order valence-electron chi connectivity index (χ4n) is 2.11. The summed E-state index contributed by atoms with van der Waals surface area (Å²) in [6.45, 7) is 3.11. The van der Waals surface area contributed by atoms with Crippen molar-refractivity contribution in [3.63, 3.8) is 0 Å². The van der Waals surface area contributed by atoms with E-state index in [1.807, 2.05) is 6.92 Å². The monoisotopic (exact) mass is 279 g/mol. The van der Waals surface area contributed by atoms with E-state index in [1.54, 1.807) is 11.0 Å². The van der Waals surface area contributed by atoms with Gasteiger partial charge in [-0.2, -0.15) is 0 Å². The third-order valence-electron chi connectivity index (χ3n) is 3.27. The van der Waals surface area contributed by atoms with Crippen LogP contribution in [0.3, 0.4) is 0 Å². The number of nitrogens with two attached hydrogens (primary N) is 1. The highest BCUT2D eigenvalue weighted by molar-refractivity contribution is 5.94. The molecule has 7 nitrogen and oxygen atoms in total. The minimum absolute atomic E-state index is 0.0900. The lowest BCUT2D eigenvalue weighted by Gasteiger charge is -2.34. The summed E-state index contributed by atoms with van der Waals surface area (Å²) in [6, 6.07) is 5.57. The molecule has 1 aromatic rings. The molecule has 0 aromatic heterocycles. The summed E-state index contributed by atoms with van der Waals surface area (Å²) < 4.78 is 5.49. The number of nitro groups is 1. The van der Waals surface area contributed by atoms with Gasteiger partial charge in [0.15, 0.2) is 0 Å². The van der Waals surface area contributed by atoms with Crippen LogP contribution in [0.2, 0.25) is 0 Å². The minimum atomic E-state index is -0.513. The van der Waals surface area contributed by atoms with Crippen LogP contribution in [0.5, 0.6) is 0 Å². The second-order valence-electron chi connectivity index (χ2n) is 4.83. The van der Waals surface area contributed by atoms with Gasteiger partial charge in [0, 0.05) is 36.8 Å². The van der Waals surface area contributed by atoms with Gasteiger partial charge in [0.1, 0.15) is 0 Å². The average molecular weight is 279 g/mol. The Morgan fingerprint density at radius 3 is 3.00 bits per heavy atom. The fourth-order valence-corrected chi connectivity index (χ4v) is 2.11. The SMILES string of the molecule is CC(N)C1CN(C(=O)c2cccc([N+](=O)[O-])c2)CCO1. The highest BCUT2D eigenvalue weighted by Crippen LogP contribution is 2.17. The number of hydrogen-bond acceptors (Lipinski definition) is 5. The third kappa shape index (κ3) is 3.12. The van der Waals surface area contributed by atoms with Gasteiger partial charge in [0.25, 0.3) is 11.6 Å². The molecule has 1 aromatic carbocycles. The van der Waals surface area contributed by atoms with E-state index in [9.17, 15) is 14.9 Å². The Hall–Kier alpha value is -1.99. The topological polar surface area (TPSA) is 98.7 Å². The van der Waals surface area contributed by atoms with Crippen LogP contribution in [0, 0.1) is 10.1 Å². The molecule has 2 N–H and O–H groups in total. The van der Waals surface area contributed by atoms with Crippen LogP contribution in [0.1, 0.15) is 17.3 Å². The maximum atomic E-state index is 12.3. The van der Waals surface area contributed by atoms with Crippen molar-refractivity contribution in [3.05, 3.63) is 39.9 Å². The maximum Gasteiger partial charge on any atom is 0.270 e. The van der Waals surface area contributed by atoms with Crippen LogP contribution in [-0.4, -0.2) is 47.6 Å². The van der Waals surface area contributed by atoms with E-state index in [4.69, 9.17) is 10.5 Å². The number of non-ortho nitro benzene ring substituents is 1. The number of rotatable bonds is 3. The van der Waals surface area contributed by atoms with Gasteiger partial charge in [-0.05, 0) is 13.0 Å². The first-order valence-electron chi connectivity index (χ1n) is 6.40. The van der Waals surface area contributed by atoms with E-state index < -0.39 is 4.92 Å². The van der Waals surface area contributed by atoms with Gasteiger partial charge in [0.05, 0.1) is 17.6 Å². The molecule has 1 fully saturated rings. The van der Waals surface area contributed by atoms with E-state index in [1.165, 1.54) is 18.2 Å². The molecule has 1 heterocycles. The van der Waals surface area contributed by atoms with Gasteiger partial charge in [-0.25, -0.2) is 0 Å². The van der Waals surface area contributed by atoms with Crippen molar-refractivity contribution in [2.75, 3.05) is 19.7 Å². The van der Waals surface area contributed by atoms with Crippen LogP contribution in [0.15, 0.2) is 24.3 Å². The Kier molecular flexibility index (Phi) is 4.31. The summed E-state index contributed by atoms with van der Waals surface area (Å²) in [5.74, 6) is -0.234. The zero-order valence-corrected chi connectivity index (χ0v) is 11.2. The van der Waals surface area contributed by atoms with Crippen LogP contribution in [-0.2, 0) is 4.74 Å². The van der Waals surface area contributed by atoms with Crippen LogP contribution >= 0.6 is 0 Å². The van der Waals surface area contributed by atoms with E-state index >= 15 is 0 Å². The van der Waals surface area contributed by atoms with E-state index in [0.717, 1.165) is 0 Å². The van der Waals surface area contributed by atoms with Gasteiger partial charge in [-0.3, -0.25) is 14.9 Å². The highest BCUT2D eigenvalue weighted by atomic mass is 16.6. The van der Waals surface area contributed by atoms with Gasteiger partial charge in [0.2, 0.25) is 0 Å². The number of ether oxygens (including phenoxy) is 1. The lowest BCUT2D eigenvalue weighted by atomic mass is 10.1. The third-order valence-corrected chi connectivity index (χ3v) is 3.27. The van der Waals surface area contributed by atoms with Crippen molar-refractivity contribution < 1.29 is 14.5 Å². The molecule has 0 spiro atoms. The first kappa shape index (κ1) is 14.4. The van der Waals surface area contributed by atoms with E-state index in [0.29, 0.717) is 25.3 Å². The van der Waals surface area contributed by atoms with E-state index in [2.05, 4.69) is 0 Å². The number of amides is 1. The summed E-state index contributed by atoms with van der Waals surface area (Å²) in [4.78, 5) is 24.2. The second-order valence-corrected chi connectivity index (χ2v) is 4.83. The molecular formula is C13H17N3O4. The smallest absolute Gasteiger partial charge is 0.270 e. The van der Waals surface area contributed by atoms with Crippen molar-refractivity contribution in [1.82, 2.24) is 4.90 Å². The lowest BCUT2D eigenvalue weighted by molar-refractivity contribution is -0.384. The maximum absolute atomic E-state index is 12.3. The molecule has 2 atom stereocenters. The van der Waals surface area contributed by atoms with Crippen molar-refractivity contribution in [2.45, 2.75) is 19.1 Å². The van der Waals surface area contributed by atoms with Crippen LogP contribution < -0.4 is 5.73 Å². The summed E-state index contributed by atoms with van der Waals surface area (Å²) in [5.41, 5.74) is 6.00. The number of carbonyl (C=O) groups is 1. The summed E-state index contributed by atoms with van der Waals surface area (Å²) in [5, 5.41) is 10.7.